The van der Waals surface area contributed by atoms with E-state index in [1.807, 2.05) is 12.1 Å². The highest BCUT2D eigenvalue weighted by Gasteiger charge is 2.19. The average Bonchev–Trinajstić information content (AvgIpc) is 2.37. The van der Waals surface area contributed by atoms with Crippen LogP contribution >= 0.6 is 11.6 Å². The molecule has 2 atom stereocenters. The number of methoxy groups -OCH3 is 1. The van der Waals surface area contributed by atoms with E-state index in [0.717, 1.165) is 18.7 Å². The SMILES string of the molecule is COc1cc(NCC2CCCC(Cl)C2)ccn1. The van der Waals surface area contributed by atoms with E-state index >= 15 is 0 Å². The molecule has 0 aromatic carbocycles. The van der Waals surface area contributed by atoms with Crippen LogP contribution in [0.15, 0.2) is 18.3 Å². The summed E-state index contributed by atoms with van der Waals surface area (Å²) < 4.78 is 5.09. The highest BCUT2D eigenvalue weighted by molar-refractivity contribution is 6.20. The Bertz CT molecular complexity index is 359. The van der Waals surface area contributed by atoms with Crippen LogP contribution in [0.25, 0.3) is 0 Å². The van der Waals surface area contributed by atoms with Crippen molar-refractivity contribution in [3.63, 3.8) is 0 Å². The largest absolute Gasteiger partial charge is 0.481 e. The fourth-order valence-electron chi connectivity index (χ4n) is 2.30. The fourth-order valence-corrected chi connectivity index (χ4v) is 2.71. The van der Waals surface area contributed by atoms with Crippen molar-refractivity contribution in [2.45, 2.75) is 31.1 Å². The molecule has 17 heavy (non-hydrogen) atoms. The predicted octanol–water partition coefficient (Wildman–Crippen LogP) is 3.30. The maximum atomic E-state index is 6.18. The monoisotopic (exact) mass is 254 g/mol. The van der Waals surface area contributed by atoms with Gasteiger partial charge in [0.2, 0.25) is 5.88 Å². The number of hydrogen-bond donors (Lipinski definition) is 1. The van der Waals surface area contributed by atoms with Crippen LogP contribution in [0.3, 0.4) is 0 Å². The Hall–Kier alpha value is -0.960. The molecule has 2 unspecified atom stereocenters. The van der Waals surface area contributed by atoms with Gasteiger partial charge in [-0.15, -0.1) is 11.6 Å². The number of nitrogens with zero attached hydrogens (tertiary/aromatic N) is 1. The second-order valence-corrected chi connectivity index (χ2v) is 5.21. The molecule has 0 aliphatic heterocycles. The maximum Gasteiger partial charge on any atom is 0.214 e. The number of alkyl halides is 1. The number of nitrogens with one attached hydrogen (secondary N) is 1. The number of halogens is 1. The first-order valence-corrected chi connectivity index (χ1v) is 6.59. The number of ether oxygens (including phenoxy) is 1. The van der Waals surface area contributed by atoms with Crippen LogP contribution in [-0.2, 0) is 0 Å². The van der Waals surface area contributed by atoms with E-state index in [2.05, 4.69) is 10.3 Å². The van der Waals surface area contributed by atoms with Gasteiger partial charge in [-0.05, 0) is 31.2 Å². The zero-order chi connectivity index (χ0) is 12.1. The summed E-state index contributed by atoms with van der Waals surface area (Å²) in [7, 11) is 1.63. The third-order valence-corrected chi connectivity index (χ3v) is 3.65. The molecule has 3 nitrogen and oxygen atoms in total. The van der Waals surface area contributed by atoms with Gasteiger partial charge in [0.15, 0.2) is 0 Å². The molecule has 1 aliphatic carbocycles. The van der Waals surface area contributed by atoms with Gasteiger partial charge in [-0.3, -0.25) is 0 Å². The van der Waals surface area contributed by atoms with E-state index in [-0.39, 0.29) is 0 Å². The van der Waals surface area contributed by atoms with Gasteiger partial charge in [0.25, 0.3) is 0 Å². The first-order valence-electron chi connectivity index (χ1n) is 6.16. The fraction of sp³-hybridized carbons (Fsp3) is 0.615. The van der Waals surface area contributed by atoms with Crippen molar-refractivity contribution in [3.05, 3.63) is 18.3 Å². The van der Waals surface area contributed by atoms with Gasteiger partial charge < -0.3 is 10.1 Å². The topological polar surface area (TPSA) is 34.1 Å². The van der Waals surface area contributed by atoms with Crippen LogP contribution in [-0.4, -0.2) is 24.0 Å². The lowest BCUT2D eigenvalue weighted by Crippen LogP contribution is -2.22. The van der Waals surface area contributed by atoms with Gasteiger partial charge in [0.05, 0.1) is 7.11 Å². The smallest absolute Gasteiger partial charge is 0.214 e. The Labute approximate surface area is 108 Å². The van der Waals surface area contributed by atoms with Crippen LogP contribution < -0.4 is 10.1 Å². The Balaban J connectivity index is 1.84. The van der Waals surface area contributed by atoms with E-state index in [9.17, 15) is 0 Å². The minimum Gasteiger partial charge on any atom is -0.481 e. The molecule has 0 saturated heterocycles. The molecule has 1 N–H and O–H groups in total. The standard InChI is InChI=1S/C13H19ClN2O/c1-17-13-8-12(5-6-15-13)16-9-10-3-2-4-11(14)7-10/h5-6,8,10-11H,2-4,7,9H2,1H3,(H,15,16). The van der Waals surface area contributed by atoms with Crippen molar-refractivity contribution < 1.29 is 4.74 Å². The van der Waals surface area contributed by atoms with Crippen molar-refractivity contribution in [2.24, 2.45) is 5.92 Å². The summed E-state index contributed by atoms with van der Waals surface area (Å²) in [4.78, 5) is 4.08. The van der Waals surface area contributed by atoms with E-state index in [4.69, 9.17) is 16.3 Å². The summed E-state index contributed by atoms with van der Waals surface area (Å²) in [5, 5.41) is 3.79. The highest BCUT2D eigenvalue weighted by atomic mass is 35.5. The van der Waals surface area contributed by atoms with Gasteiger partial charge in [-0.2, -0.15) is 0 Å². The molecule has 0 spiro atoms. The number of rotatable bonds is 4. The zero-order valence-corrected chi connectivity index (χ0v) is 10.9. The molecule has 1 saturated carbocycles. The molecule has 1 aromatic heterocycles. The van der Waals surface area contributed by atoms with Crippen molar-refractivity contribution >= 4 is 17.3 Å². The summed E-state index contributed by atoms with van der Waals surface area (Å²) in [5.41, 5.74) is 1.06. The Kier molecular flexibility index (Phi) is 4.49. The number of anilines is 1. The summed E-state index contributed by atoms with van der Waals surface area (Å²) in [6.45, 7) is 0.983. The van der Waals surface area contributed by atoms with Crippen molar-refractivity contribution in [3.8, 4) is 5.88 Å². The van der Waals surface area contributed by atoms with Crippen LogP contribution in [0, 0.1) is 5.92 Å². The highest BCUT2D eigenvalue weighted by Crippen LogP contribution is 2.28. The van der Waals surface area contributed by atoms with E-state index < -0.39 is 0 Å². The molecule has 1 aromatic rings. The van der Waals surface area contributed by atoms with Gasteiger partial charge in [-0.1, -0.05) is 6.42 Å². The number of aromatic nitrogens is 1. The molecule has 2 rings (SSSR count). The number of hydrogen-bond acceptors (Lipinski definition) is 3. The lowest BCUT2D eigenvalue weighted by molar-refractivity contribution is 0.378. The van der Waals surface area contributed by atoms with Crippen molar-refractivity contribution in [1.82, 2.24) is 4.98 Å². The summed E-state index contributed by atoms with van der Waals surface area (Å²) in [5.74, 6) is 1.33. The van der Waals surface area contributed by atoms with Crippen LogP contribution in [0.5, 0.6) is 5.88 Å². The third kappa shape index (κ3) is 3.77. The molecule has 0 radical (unpaired) electrons. The quantitative estimate of drug-likeness (QED) is 0.838. The molecule has 0 amide bonds. The molecular weight excluding hydrogens is 236 g/mol. The van der Waals surface area contributed by atoms with E-state index in [1.165, 1.54) is 19.3 Å². The Morgan fingerprint density at radius 2 is 2.41 bits per heavy atom. The lowest BCUT2D eigenvalue weighted by Gasteiger charge is -2.25. The molecule has 0 bridgehead atoms. The van der Waals surface area contributed by atoms with Crippen LogP contribution in [0.2, 0.25) is 0 Å². The van der Waals surface area contributed by atoms with Gasteiger partial charge >= 0.3 is 0 Å². The van der Waals surface area contributed by atoms with E-state index in [0.29, 0.717) is 17.2 Å². The molecular formula is C13H19ClN2O. The molecule has 1 aliphatic rings. The first-order chi connectivity index (χ1) is 8.28. The van der Waals surface area contributed by atoms with Crippen molar-refractivity contribution in [1.29, 1.82) is 0 Å². The summed E-state index contributed by atoms with van der Waals surface area (Å²) in [6.07, 6.45) is 6.57. The van der Waals surface area contributed by atoms with Crippen molar-refractivity contribution in [2.75, 3.05) is 19.0 Å². The third-order valence-electron chi connectivity index (χ3n) is 3.26. The first kappa shape index (κ1) is 12.5. The normalized spacial score (nSPS) is 24.4. The second-order valence-electron chi connectivity index (χ2n) is 4.60. The molecule has 1 fully saturated rings. The van der Waals surface area contributed by atoms with Gasteiger partial charge in [0.1, 0.15) is 0 Å². The molecule has 4 heteroatoms. The van der Waals surface area contributed by atoms with Gasteiger partial charge in [-0.25, -0.2) is 4.98 Å². The maximum absolute atomic E-state index is 6.18. The second kappa shape index (κ2) is 6.10. The summed E-state index contributed by atoms with van der Waals surface area (Å²) in [6, 6.07) is 3.88. The van der Waals surface area contributed by atoms with E-state index in [1.54, 1.807) is 13.3 Å². The Morgan fingerprint density at radius 3 is 3.18 bits per heavy atom. The zero-order valence-electron chi connectivity index (χ0n) is 10.2. The predicted molar refractivity (Wildman–Crippen MR) is 70.9 cm³/mol. The lowest BCUT2D eigenvalue weighted by atomic mass is 9.89. The minimum atomic E-state index is 0.363. The van der Waals surface area contributed by atoms with Gasteiger partial charge in [0, 0.05) is 29.9 Å². The summed E-state index contributed by atoms with van der Waals surface area (Å²) >= 11 is 6.18. The minimum absolute atomic E-state index is 0.363. The average molecular weight is 255 g/mol. The molecule has 94 valence electrons. The molecule has 1 heterocycles. The van der Waals surface area contributed by atoms with Crippen LogP contribution in [0.1, 0.15) is 25.7 Å². The number of pyridine rings is 1. The Morgan fingerprint density at radius 1 is 1.53 bits per heavy atom. The van der Waals surface area contributed by atoms with Crippen LogP contribution in [0.4, 0.5) is 5.69 Å².